The molecule has 1 aliphatic carbocycles. The first-order chi connectivity index (χ1) is 5.72. The van der Waals surface area contributed by atoms with Gasteiger partial charge in [-0.2, -0.15) is 0 Å². The molecule has 0 amide bonds. The zero-order valence-corrected chi connectivity index (χ0v) is 9.17. The molecule has 0 aromatic rings. The van der Waals surface area contributed by atoms with E-state index in [9.17, 15) is 4.79 Å². The molecular formula is C9H13IO2. The van der Waals surface area contributed by atoms with Crippen molar-refractivity contribution < 1.29 is 9.53 Å². The summed E-state index contributed by atoms with van der Waals surface area (Å²) in [6, 6.07) is 0. The van der Waals surface area contributed by atoms with E-state index >= 15 is 0 Å². The summed E-state index contributed by atoms with van der Waals surface area (Å²) in [7, 11) is 0. The van der Waals surface area contributed by atoms with Gasteiger partial charge in [0.15, 0.2) is 0 Å². The molecule has 0 bridgehead atoms. The molecule has 1 unspecified atom stereocenters. The number of esters is 1. The van der Waals surface area contributed by atoms with E-state index in [0.29, 0.717) is 0 Å². The van der Waals surface area contributed by atoms with E-state index in [1.165, 1.54) is 19.3 Å². The van der Waals surface area contributed by atoms with Crippen LogP contribution in [0.1, 0.15) is 38.5 Å². The van der Waals surface area contributed by atoms with Crippen molar-refractivity contribution in [3.63, 3.8) is 0 Å². The Morgan fingerprint density at radius 1 is 1.33 bits per heavy atom. The van der Waals surface area contributed by atoms with Gasteiger partial charge in [-0.15, -0.1) is 0 Å². The van der Waals surface area contributed by atoms with Crippen LogP contribution in [0.4, 0.5) is 0 Å². The molecule has 0 aromatic carbocycles. The molecule has 12 heavy (non-hydrogen) atoms. The van der Waals surface area contributed by atoms with Gasteiger partial charge in [0, 0.05) is 6.42 Å². The maximum Gasteiger partial charge on any atom is 0.319 e. The minimum atomic E-state index is -0.0405. The molecule has 1 atom stereocenters. The second-order valence-corrected chi connectivity index (χ2v) is 5.34. The number of ether oxygens (including phenoxy) is 1. The standard InChI is InChI=1S/C9H13IO2/c10-7-6-9(12-8(7)11)4-2-1-3-5-9/h7H,1-6H2. The van der Waals surface area contributed by atoms with Crippen LogP contribution in [-0.2, 0) is 9.53 Å². The van der Waals surface area contributed by atoms with Crippen molar-refractivity contribution in [3.05, 3.63) is 0 Å². The molecule has 1 spiro atoms. The van der Waals surface area contributed by atoms with Crippen molar-refractivity contribution in [2.75, 3.05) is 0 Å². The van der Waals surface area contributed by atoms with Crippen molar-refractivity contribution in [2.24, 2.45) is 0 Å². The Hall–Kier alpha value is 0.200. The molecule has 2 nitrogen and oxygen atoms in total. The average molecular weight is 280 g/mol. The van der Waals surface area contributed by atoms with Gasteiger partial charge in [0.05, 0.1) is 0 Å². The number of rotatable bonds is 0. The summed E-state index contributed by atoms with van der Waals surface area (Å²) >= 11 is 2.20. The summed E-state index contributed by atoms with van der Waals surface area (Å²) in [5.74, 6) is 0.0116. The number of carbonyl (C=O) groups is 1. The molecule has 68 valence electrons. The largest absolute Gasteiger partial charge is 0.458 e. The lowest BCUT2D eigenvalue weighted by Crippen LogP contribution is -2.30. The molecule has 2 aliphatic rings. The molecule has 1 saturated carbocycles. The second-order valence-electron chi connectivity index (χ2n) is 3.84. The third kappa shape index (κ3) is 1.47. The van der Waals surface area contributed by atoms with E-state index in [1.54, 1.807) is 0 Å². The predicted molar refractivity (Wildman–Crippen MR) is 54.3 cm³/mol. The number of hydrogen-bond donors (Lipinski definition) is 0. The van der Waals surface area contributed by atoms with Crippen LogP contribution in [0.3, 0.4) is 0 Å². The summed E-state index contributed by atoms with van der Waals surface area (Å²) in [6.45, 7) is 0. The summed E-state index contributed by atoms with van der Waals surface area (Å²) in [5, 5.41) is 0. The predicted octanol–water partition coefficient (Wildman–Crippen LogP) is 2.44. The Bertz CT molecular complexity index is 197. The molecule has 0 N–H and O–H groups in total. The van der Waals surface area contributed by atoms with E-state index in [4.69, 9.17) is 4.74 Å². The van der Waals surface area contributed by atoms with E-state index in [1.807, 2.05) is 0 Å². The van der Waals surface area contributed by atoms with Crippen molar-refractivity contribution in [1.29, 1.82) is 0 Å². The third-order valence-corrected chi connectivity index (χ3v) is 3.84. The molecule has 3 heteroatoms. The first-order valence-electron chi connectivity index (χ1n) is 4.59. The number of halogens is 1. The first kappa shape index (κ1) is 8.78. The normalized spacial score (nSPS) is 33.8. The fourth-order valence-corrected chi connectivity index (χ4v) is 3.16. The smallest absolute Gasteiger partial charge is 0.319 e. The first-order valence-corrected chi connectivity index (χ1v) is 5.83. The van der Waals surface area contributed by atoms with Gasteiger partial charge < -0.3 is 4.74 Å². The van der Waals surface area contributed by atoms with Gasteiger partial charge >= 0.3 is 5.97 Å². The summed E-state index contributed by atoms with van der Waals surface area (Å²) in [6.07, 6.45) is 6.92. The third-order valence-electron chi connectivity index (χ3n) is 2.89. The molecule has 0 aromatic heterocycles. The van der Waals surface area contributed by atoms with Crippen molar-refractivity contribution in [3.8, 4) is 0 Å². The van der Waals surface area contributed by atoms with Gasteiger partial charge in [-0.1, -0.05) is 29.0 Å². The fraction of sp³-hybridized carbons (Fsp3) is 0.889. The minimum absolute atomic E-state index is 0.0116. The summed E-state index contributed by atoms with van der Waals surface area (Å²) in [4.78, 5) is 11.2. The van der Waals surface area contributed by atoms with Gasteiger partial charge in [0.1, 0.15) is 9.53 Å². The SMILES string of the molecule is O=C1OC2(CCCCC2)CC1I. The number of hydrogen-bond acceptors (Lipinski definition) is 2. The zero-order chi connectivity index (χ0) is 8.60. The molecule has 2 rings (SSSR count). The molecule has 1 aliphatic heterocycles. The van der Waals surface area contributed by atoms with Gasteiger partial charge in [-0.3, -0.25) is 4.79 Å². The lowest BCUT2D eigenvalue weighted by atomic mass is 9.83. The van der Waals surface area contributed by atoms with Crippen LogP contribution < -0.4 is 0 Å². The Kier molecular flexibility index (Phi) is 2.31. The van der Waals surface area contributed by atoms with Crippen LogP contribution in [0.25, 0.3) is 0 Å². The Morgan fingerprint density at radius 3 is 2.50 bits per heavy atom. The fourth-order valence-electron chi connectivity index (χ4n) is 2.23. The lowest BCUT2D eigenvalue weighted by Gasteiger charge is -2.31. The monoisotopic (exact) mass is 280 g/mol. The van der Waals surface area contributed by atoms with Crippen molar-refractivity contribution in [2.45, 2.75) is 48.1 Å². The maximum absolute atomic E-state index is 11.2. The van der Waals surface area contributed by atoms with E-state index in [2.05, 4.69) is 22.6 Å². The van der Waals surface area contributed by atoms with Crippen LogP contribution in [0, 0.1) is 0 Å². The highest BCUT2D eigenvalue weighted by atomic mass is 127. The van der Waals surface area contributed by atoms with Crippen LogP contribution in [0.15, 0.2) is 0 Å². The Labute approximate surface area is 86.2 Å². The van der Waals surface area contributed by atoms with Crippen LogP contribution in [0.5, 0.6) is 0 Å². The van der Waals surface area contributed by atoms with Gasteiger partial charge in [0.25, 0.3) is 0 Å². The maximum atomic E-state index is 11.2. The highest BCUT2D eigenvalue weighted by Gasteiger charge is 2.45. The molecule has 1 heterocycles. The van der Waals surface area contributed by atoms with Gasteiger partial charge in [-0.05, 0) is 25.7 Å². The quantitative estimate of drug-likeness (QED) is 0.387. The van der Waals surface area contributed by atoms with Crippen LogP contribution >= 0.6 is 22.6 Å². The average Bonchev–Trinajstić information content (AvgIpc) is 2.29. The highest BCUT2D eigenvalue weighted by Crippen LogP contribution is 2.42. The van der Waals surface area contributed by atoms with E-state index in [-0.39, 0.29) is 15.5 Å². The lowest BCUT2D eigenvalue weighted by molar-refractivity contribution is -0.150. The molecule has 0 radical (unpaired) electrons. The topological polar surface area (TPSA) is 26.3 Å². The number of alkyl halides is 1. The minimum Gasteiger partial charge on any atom is -0.458 e. The zero-order valence-electron chi connectivity index (χ0n) is 7.01. The van der Waals surface area contributed by atoms with Crippen molar-refractivity contribution >= 4 is 28.6 Å². The number of carbonyl (C=O) groups excluding carboxylic acids is 1. The molecule has 1 saturated heterocycles. The second kappa shape index (κ2) is 3.16. The Balaban J connectivity index is 2.07. The van der Waals surface area contributed by atoms with E-state index < -0.39 is 0 Å². The van der Waals surface area contributed by atoms with Crippen LogP contribution in [-0.4, -0.2) is 15.5 Å². The summed E-state index contributed by atoms with van der Waals surface area (Å²) < 4.78 is 5.57. The van der Waals surface area contributed by atoms with E-state index in [0.717, 1.165) is 19.3 Å². The van der Waals surface area contributed by atoms with Crippen LogP contribution in [0.2, 0.25) is 0 Å². The van der Waals surface area contributed by atoms with Crippen molar-refractivity contribution in [1.82, 2.24) is 0 Å². The molecule has 2 fully saturated rings. The van der Waals surface area contributed by atoms with Gasteiger partial charge in [0.2, 0.25) is 0 Å². The molecular weight excluding hydrogens is 267 g/mol. The summed E-state index contributed by atoms with van der Waals surface area (Å²) in [5.41, 5.74) is -0.0405. The van der Waals surface area contributed by atoms with Gasteiger partial charge in [-0.25, -0.2) is 0 Å². The highest BCUT2D eigenvalue weighted by molar-refractivity contribution is 14.1. The Morgan fingerprint density at radius 2 is 2.00 bits per heavy atom.